The first-order valence-corrected chi connectivity index (χ1v) is 5.84. The quantitative estimate of drug-likeness (QED) is 0.800. The van der Waals surface area contributed by atoms with Crippen LogP contribution in [0, 0.1) is 0 Å². The van der Waals surface area contributed by atoms with E-state index in [0.717, 1.165) is 24.4 Å². The highest BCUT2D eigenvalue weighted by molar-refractivity contribution is 5.35. The summed E-state index contributed by atoms with van der Waals surface area (Å²) in [6, 6.07) is 8.01. The van der Waals surface area contributed by atoms with Crippen molar-refractivity contribution in [3.8, 4) is 5.75 Å². The van der Waals surface area contributed by atoms with E-state index in [-0.39, 0.29) is 6.04 Å². The summed E-state index contributed by atoms with van der Waals surface area (Å²) in [5, 5.41) is 0. The minimum Gasteiger partial charge on any atom is -0.494 e. The molecule has 2 N–H and O–H groups in total. The third-order valence-corrected chi connectivity index (χ3v) is 2.67. The average molecular weight is 222 g/mol. The monoisotopic (exact) mass is 222 g/mol. The maximum atomic E-state index is 6.18. The van der Waals surface area contributed by atoms with Crippen molar-refractivity contribution >= 4 is 0 Å². The lowest BCUT2D eigenvalue weighted by Gasteiger charge is -2.21. The van der Waals surface area contributed by atoms with Gasteiger partial charge in [-0.25, -0.2) is 0 Å². The van der Waals surface area contributed by atoms with Crippen molar-refractivity contribution in [2.24, 2.45) is 5.73 Å². The average Bonchev–Trinajstić information content (AvgIpc) is 2.30. The normalized spacial score (nSPS) is 12.8. The molecule has 0 heterocycles. The Hall–Kier alpha value is -1.06. The van der Waals surface area contributed by atoms with Gasteiger partial charge in [0.2, 0.25) is 0 Å². The Balaban J connectivity index is 2.77. The SMILES string of the molecule is CCOc1ccccc1C(N)CN(C)CC. The number of nitrogens with two attached hydrogens (primary N) is 1. The molecule has 0 amide bonds. The van der Waals surface area contributed by atoms with E-state index in [4.69, 9.17) is 10.5 Å². The molecule has 90 valence electrons. The van der Waals surface area contributed by atoms with Crippen LogP contribution in [-0.4, -0.2) is 31.6 Å². The largest absolute Gasteiger partial charge is 0.494 e. The van der Waals surface area contributed by atoms with E-state index in [1.165, 1.54) is 0 Å². The van der Waals surface area contributed by atoms with Crippen molar-refractivity contribution in [2.75, 3.05) is 26.7 Å². The van der Waals surface area contributed by atoms with E-state index in [0.29, 0.717) is 6.61 Å². The summed E-state index contributed by atoms with van der Waals surface area (Å²) < 4.78 is 5.57. The highest BCUT2D eigenvalue weighted by atomic mass is 16.5. The Kier molecular flexibility index (Phi) is 5.29. The summed E-state index contributed by atoms with van der Waals surface area (Å²) in [4.78, 5) is 2.20. The summed E-state index contributed by atoms with van der Waals surface area (Å²) in [6.45, 7) is 6.64. The first-order chi connectivity index (χ1) is 7.69. The van der Waals surface area contributed by atoms with Gasteiger partial charge in [0.25, 0.3) is 0 Å². The number of nitrogens with zero attached hydrogens (tertiary/aromatic N) is 1. The van der Waals surface area contributed by atoms with Gasteiger partial charge in [-0.2, -0.15) is 0 Å². The van der Waals surface area contributed by atoms with Crippen molar-refractivity contribution in [3.05, 3.63) is 29.8 Å². The van der Waals surface area contributed by atoms with Crippen molar-refractivity contribution in [2.45, 2.75) is 19.9 Å². The third-order valence-electron chi connectivity index (χ3n) is 2.67. The summed E-state index contributed by atoms with van der Waals surface area (Å²) >= 11 is 0. The van der Waals surface area contributed by atoms with Gasteiger partial charge < -0.3 is 15.4 Å². The fraction of sp³-hybridized carbons (Fsp3) is 0.538. The van der Waals surface area contributed by atoms with Crippen LogP contribution in [0.3, 0.4) is 0 Å². The van der Waals surface area contributed by atoms with Crippen LogP contribution in [0.2, 0.25) is 0 Å². The molecule has 0 saturated heterocycles. The second-order valence-corrected chi connectivity index (χ2v) is 3.93. The zero-order valence-corrected chi connectivity index (χ0v) is 10.4. The molecule has 3 nitrogen and oxygen atoms in total. The molecular weight excluding hydrogens is 200 g/mol. The van der Waals surface area contributed by atoms with E-state index >= 15 is 0 Å². The summed E-state index contributed by atoms with van der Waals surface area (Å²) in [7, 11) is 2.07. The third kappa shape index (κ3) is 3.51. The zero-order chi connectivity index (χ0) is 12.0. The van der Waals surface area contributed by atoms with Crippen molar-refractivity contribution in [1.29, 1.82) is 0 Å². The number of hydrogen-bond donors (Lipinski definition) is 1. The predicted octanol–water partition coefficient (Wildman–Crippen LogP) is 2.04. The van der Waals surface area contributed by atoms with Gasteiger partial charge in [-0.05, 0) is 26.6 Å². The standard InChI is InChI=1S/C13H22N2O/c1-4-15(3)10-12(14)11-8-6-7-9-13(11)16-5-2/h6-9,12H,4-5,10,14H2,1-3H3. The summed E-state index contributed by atoms with van der Waals surface area (Å²) in [5.74, 6) is 0.905. The Bertz CT molecular complexity index is 315. The maximum Gasteiger partial charge on any atom is 0.124 e. The van der Waals surface area contributed by atoms with E-state index < -0.39 is 0 Å². The van der Waals surface area contributed by atoms with Gasteiger partial charge in [0, 0.05) is 18.2 Å². The lowest BCUT2D eigenvalue weighted by Crippen LogP contribution is -2.29. The van der Waals surface area contributed by atoms with Crippen LogP contribution in [0.15, 0.2) is 24.3 Å². The van der Waals surface area contributed by atoms with Gasteiger partial charge in [-0.15, -0.1) is 0 Å². The lowest BCUT2D eigenvalue weighted by molar-refractivity contribution is 0.310. The van der Waals surface area contributed by atoms with Crippen LogP contribution in [-0.2, 0) is 0 Å². The van der Waals surface area contributed by atoms with E-state index in [9.17, 15) is 0 Å². The first-order valence-electron chi connectivity index (χ1n) is 5.84. The molecule has 0 bridgehead atoms. The number of para-hydroxylation sites is 1. The lowest BCUT2D eigenvalue weighted by atomic mass is 10.1. The van der Waals surface area contributed by atoms with Gasteiger partial charge in [0.1, 0.15) is 5.75 Å². The molecule has 0 aromatic heterocycles. The van der Waals surface area contributed by atoms with Gasteiger partial charge in [-0.3, -0.25) is 0 Å². The highest BCUT2D eigenvalue weighted by Crippen LogP contribution is 2.23. The van der Waals surface area contributed by atoms with Crippen LogP contribution in [0.25, 0.3) is 0 Å². The summed E-state index contributed by atoms with van der Waals surface area (Å²) in [5.41, 5.74) is 7.27. The molecule has 0 spiro atoms. The smallest absolute Gasteiger partial charge is 0.124 e. The Morgan fingerprint density at radius 3 is 2.62 bits per heavy atom. The topological polar surface area (TPSA) is 38.5 Å². The molecule has 1 unspecified atom stereocenters. The van der Waals surface area contributed by atoms with Gasteiger partial charge >= 0.3 is 0 Å². The van der Waals surface area contributed by atoms with E-state index in [2.05, 4.69) is 18.9 Å². The maximum absolute atomic E-state index is 6.18. The molecule has 0 aliphatic rings. The molecule has 0 radical (unpaired) electrons. The molecule has 1 aromatic rings. The Labute approximate surface area is 98.2 Å². The number of hydrogen-bond acceptors (Lipinski definition) is 3. The number of benzene rings is 1. The van der Waals surface area contributed by atoms with Crippen LogP contribution in [0.1, 0.15) is 25.5 Å². The van der Waals surface area contributed by atoms with Crippen LogP contribution < -0.4 is 10.5 Å². The predicted molar refractivity (Wildman–Crippen MR) is 67.7 cm³/mol. The molecule has 1 aromatic carbocycles. The van der Waals surface area contributed by atoms with Crippen LogP contribution in [0.5, 0.6) is 5.75 Å². The fourth-order valence-corrected chi connectivity index (χ4v) is 1.64. The van der Waals surface area contributed by atoms with Crippen LogP contribution in [0.4, 0.5) is 0 Å². The molecule has 3 heteroatoms. The second-order valence-electron chi connectivity index (χ2n) is 3.93. The van der Waals surface area contributed by atoms with Gasteiger partial charge in [0.15, 0.2) is 0 Å². The zero-order valence-electron chi connectivity index (χ0n) is 10.4. The number of likely N-dealkylation sites (N-methyl/N-ethyl adjacent to an activating group) is 1. The van der Waals surface area contributed by atoms with Gasteiger partial charge in [-0.1, -0.05) is 25.1 Å². The molecule has 0 aliphatic carbocycles. The fourth-order valence-electron chi connectivity index (χ4n) is 1.64. The molecular formula is C13H22N2O. The van der Waals surface area contributed by atoms with Crippen molar-refractivity contribution in [1.82, 2.24) is 4.90 Å². The molecule has 0 saturated carbocycles. The minimum atomic E-state index is 0.00713. The number of rotatable bonds is 6. The molecule has 0 aliphatic heterocycles. The second kappa shape index (κ2) is 6.51. The summed E-state index contributed by atoms with van der Waals surface area (Å²) in [6.07, 6.45) is 0. The van der Waals surface area contributed by atoms with E-state index in [1.54, 1.807) is 0 Å². The first kappa shape index (κ1) is 13.0. The van der Waals surface area contributed by atoms with Crippen molar-refractivity contribution in [3.63, 3.8) is 0 Å². The molecule has 1 atom stereocenters. The van der Waals surface area contributed by atoms with Crippen LogP contribution >= 0.6 is 0 Å². The van der Waals surface area contributed by atoms with Gasteiger partial charge in [0.05, 0.1) is 6.61 Å². The van der Waals surface area contributed by atoms with E-state index in [1.807, 2.05) is 31.2 Å². The molecule has 1 rings (SSSR count). The highest BCUT2D eigenvalue weighted by Gasteiger charge is 2.12. The van der Waals surface area contributed by atoms with Crippen molar-refractivity contribution < 1.29 is 4.74 Å². The molecule has 16 heavy (non-hydrogen) atoms. The Morgan fingerprint density at radius 2 is 2.00 bits per heavy atom. The minimum absolute atomic E-state index is 0.00713. The number of ether oxygens (including phenoxy) is 1. The Morgan fingerprint density at radius 1 is 1.31 bits per heavy atom. The molecule has 0 fully saturated rings.